The average molecular weight is 333 g/mol. The van der Waals surface area contributed by atoms with Gasteiger partial charge in [-0.2, -0.15) is 0 Å². The first-order valence-corrected chi connectivity index (χ1v) is 7.91. The van der Waals surface area contributed by atoms with Crippen molar-refractivity contribution >= 4 is 5.91 Å². The molecule has 0 radical (unpaired) electrons. The van der Waals surface area contributed by atoms with Gasteiger partial charge in [0.2, 0.25) is 5.91 Å². The predicted octanol–water partition coefficient (Wildman–Crippen LogP) is 3.45. The first-order chi connectivity index (χ1) is 11.5. The Balaban J connectivity index is 1.73. The Morgan fingerprint density at radius 2 is 1.92 bits per heavy atom. The van der Waals surface area contributed by atoms with E-state index in [1.165, 1.54) is 6.07 Å². The number of hydrogen-bond donors (Lipinski definition) is 2. The van der Waals surface area contributed by atoms with Crippen molar-refractivity contribution in [2.75, 3.05) is 6.54 Å². The van der Waals surface area contributed by atoms with Crippen LogP contribution >= 0.6 is 0 Å². The van der Waals surface area contributed by atoms with E-state index in [1.54, 1.807) is 0 Å². The van der Waals surface area contributed by atoms with Gasteiger partial charge in [0, 0.05) is 13.0 Å². The van der Waals surface area contributed by atoms with Crippen molar-refractivity contribution in [2.45, 2.75) is 32.3 Å². The molecular formula is C19H21F2NO2. The highest BCUT2D eigenvalue weighted by molar-refractivity contribution is 5.75. The molecule has 1 atom stereocenters. The van der Waals surface area contributed by atoms with Crippen LogP contribution in [0.5, 0.6) is 0 Å². The van der Waals surface area contributed by atoms with Gasteiger partial charge in [0.1, 0.15) is 0 Å². The Morgan fingerprint density at radius 1 is 1.17 bits per heavy atom. The molecule has 0 aliphatic heterocycles. The summed E-state index contributed by atoms with van der Waals surface area (Å²) in [5, 5.41) is 12.8. The van der Waals surface area contributed by atoms with Gasteiger partial charge < -0.3 is 10.4 Å². The van der Waals surface area contributed by atoms with E-state index in [0.29, 0.717) is 18.4 Å². The van der Waals surface area contributed by atoms with E-state index < -0.39 is 17.7 Å². The topological polar surface area (TPSA) is 49.3 Å². The van der Waals surface area contributed by atoms with Gasteiger partial charge in [0.05, 0.1) is 6.10 Å². The summed E-state index contributed by atoms with van der Waals surface area (Å²) < 4.78 is 25.9. The maximum Gasteiger partial charge on any atom is 0.220 e. The molecule has 24 heavy (non-hydrogen) atoms. The van der Waals surface area contributed by atoms with Crippen LogP contribution in [-0.2, 0) is 11.2 Å². The normalized spacial score (nSPS) is 12.0. The number of amides is 1. The molecule has 0 saturated carbocycles. The summed E-state index contributed by atoms with van der Waals surface area (Å²) in [5.41, 5.74) is 2.42. The van der Waals surface area contributed by atoms with Crippen molar-refractivity contribution in [3.8, 4) is 0 Å². The summed E-state index contributed by atoms with van der Waals surface area (Å²) in [7, 11) is 0. The highest BCUT2D eigenvalue weighted by Crippen LogP contribution is 2.16. The lowest BCUT2D eigenvalue weighted by molar-refractivity contribution is -0.121. The molecule has 128 valence electrons. The average Bonchev–Trinajstić information content (AvgIpc) is 2.56. The zero-order valence-corrected chi connectivity index (χ0v) is 13.6. The van der Waals surface area contributed by atoms with Crippen molar-refractivity contribution in [3.05, 3.63) is 70.8 Å². The van der Waals surface area contributed by atoms with Crippen molar-refractivity contribution in [2.24, 2.45) is 0 Å². The quantitative estimate of drug-likeness (QED) is 0.815. The van der Waals surface area contributed by atoms with Gasteiger partial charge in [0.25, 0.3) is 0 Å². The SMILES string of the molecule is Cc1ccccc1C(O)CNC(=O)CCCc1ccc(F)c(F)c1. The highest BCUT2D eigenvalue weighted by Gasteiger charge is 2.11. The van der Waals surface area contributed by atoms with E-state index in [-0.39, 0.29) is 18.9 Å². The second-order valence-electron chi connectivity index (χ2n) is 5.78. The molecular weight excluding hydrogens is 312 g/mol. The lowest BCUT2D eigenvalue weighted by Gasteiger charge is -2.14. The Morgan fingerprint density at radius 3 is 2.62 bits per heavy atom. The first kappa shape index (κ1) is 18.1. The van der Waals surface area contributed by atoms with Crippen LogP contribution in [0.1, 0.15) is 35.6 Å². The smallest absolute Gasteiger partial charge is 0.220 e. The summed E-state index contributed by atoms with van der Waals surface area (Å²) in [6.45, 7) is 2.05. The van der Waals surface area contributed by atoms with Crippen molar-refractivity contribution in [1.29, 1.82) is 0 Å². The van der Waals surface area contributed by atoms with Gasteiger partial charge >= 0.3 is 0 Å². The van der Waals surface area contributed by atoms with E-state index in [1.807, 2.05) is 31.2 Å². The maximum absolute atomic E-state index is 13.1. The molecule has 0 bridgehead atoms. The lowest BCUT2D eigenvalue weighted by Crippen LogP contribution is -2.28. The molecule has 0 saturated heterocycles. The van der Waals surface area contributed by atoms with Gasteiger partial charge in [-0.1, -0.05) is 30.3 Å². The number of carbonyl (C=O) groups is 1. The summed E-state index contributed by atoms with van der Waals surface area (Å²) in [4.78, 5) is 11.8. The minimum atomic E-state index is -0.877. The second-order valence-corrected chi connectivity index (χ2v) is 5.78. The number of aliphatic hydroxyl groups excluding tert-OH is 1. The maximum atomic E-state index is 13.1. The summed E-state index contributed by atoms with van der Waals surface area (Å²) in [5.74, 6) is -1.93. The number of rotatable bonds is 7. The summed E-state index contributed by atoms with van der Waals surface area (Å²) in [6, 6.07) is 11.2. The largest absolute Gasteiger partial charge is 0.387 e. The van der Waals surface area contributed by atoms with Crippen LogP contribution in [0.25, 0.3) is 0 Å². The third-order valence-electron chi connectivity index (χ3n) is 3.89. The number of carbonyl (C=O) groups excluding carboxylic acids is 1. The van der Waals surface area contributed by atoms with E-state index in [4.69, 9.17) is 0 Å². The molecule has 0 fully saturated rings. The van der Waals surface area contributed by atoms with Crippen molar-refractivity contribution in [1.82, 2.24) is 5.32 Å². The summed E-state index contributed by atoms with van der Waals surface area (Å²) in [6.07, 6.45) is 0.531. The number of benzene rings is 2. The number of aryl methyl sites for hydroxylation is 2. The third kappa shape index (κ3) is 5.13. The highest BCUT2D eigenvalue weighted by atomic mass is 19.2. The Bertz CT molecular complexity index is 704. The Labute approximate surface area is 140 Å². The van der Waals surface area contributed by atoms with Crippen LogP contribution in [-0.4, -0.2) is 17.6 Å². The van der Waals surface area contributed by atoms with Gasteiger partial charge in [-0.3, -0.25) is 4.79 Å². The first-order valence-electron chi connectivity index (χ1n) is 7.91. The molecule has 0 aliphatic carbocycles. The van der Waals surface area contributed by atoms with E-state index in [0.717, 1.165) is 23.3 Å². The number of hydrogen-bond acceptors (Lipinski definition) is 2. The molecule has 2 aromatic carbocycles. The molecule has 5 heteroatoms. The number of halogens is 2. The fourth-order valence-corrected chi connectivity index (χ4v) is 2.52. The molecule has 1 amide bonds. The standard InChI is InChI=1S/C19H21F2NO2/c1-13-5-2-3-7-15(13)18(23)12-22-19(24)8-4-6-14-9-10-16(20)17(21)11-14/h2-3,5,7,9-11,18,23H,4,6,8,12H2,1H3,(H,22,24). The summed E-state index contributed by atoms with van der Waals surface area (Å²) >= 11 is 0. The zero-order chi connectivity index (χ0) is 17.5. The number of aliphatic hydroxyl groups is 1. The molecule has 2 rings (SSSR count). The monoisotopic (exact) mass is 333 g/mol. The molecule has 3 nitrogen and oxygen atoms in total. The van der Waals surface area contributed by atoms with Crippen molar-refractivity contribution < 1.29 is 18.7 Å². The Hall–Kier alpha value is -2.27. The molecule has 2 aromatic rings. The molecule has 0 aromatic heterocycles. The van der Waals surface area contributed by atoms with Crippen LogP contribution in [0.3, 0.4) is 0 Å². The van der Waals surface area contributed by atoms with Gasteiger partial charge in [0.15, 0.2) is 11.6 Å². The van der Waals surface area contributed by atoms with Crippen LogP contribution in [0.4, 0.5) is 8.78 Å². The van der Waals surface area contributed by atoms with Gasteiger partial charge in [-0.25, -0.2) is 8.78 Å². The van der Waals surface area contributed by atoms with Crippen LogP contribution in [0, 0.1) is 18.6 Å². The van der Waals surface area contributed by atoms with Crippen molar-refractivity contribution in [3.63, 3.8) is 0 Å². The minimum Gasteiger partial charge on any atom is -0.387 e. The third-order valence-corrected chi connectivity index (χ3v) is 3.89. The Kier molecular flexibility index (Phi) is 6.44. The zero-order valence-electron chi connectivity index (χ0n) is 13.6. The fourth-order valence-electron chi connectivity index (χ4n) is 2.52. The molecule has 0 heterocycles. The van der Waals surface area contributed by atoms with E-state index in [9.17, 15) is 18.7 Å². The lowest BCUT2D eigenvalue weighted by atomic mass is 10.0. The molecule has 1 unspecified atom stereocenters. The molecule has 0 aliphatic rings. The molecule has 0 spiro atoms. The fraction of sp³-hybridized carbons (Fsp3) is 0.316. The van der Waals surface area contributed by atoms with Gasteiger partial charge in [-0.05, 0) is 48.6 Å². The van der Waals surface area contributed by atoms with Crippen LogP contribution in [0.2, 0.25) is 0 Å². The second kappa shape index (κ2) is 8.55. The number of nitrogens with one attached hydrogen (secondary N) is 1. The molecule has 2 N–H and O–H groups in total. The van der Waals surface area contributed by atoms with Crippen LogP contribution < -0.4 is 5.32 Å². The minimum absolute atomic E-state index is 0.148. The van der Waals surface area contributed by atoms with E-state index >= 15 is 0 Å². The van der Waals surface area contributed by atoms with Gasteiger partial charge in [-0.15, -0.1) is 0 Å². The van der Waals surface area contributed by atoms with Crippen LogP contribution in [0.15, 0.2) is 42.5 Å². The predicted molar refractivity (Wildman–Crippen MR) is 88.4 cm³/mol. The van der Waals surface area contributed by atoms with E-state index in [2.05, 4.69) is 5.32 Å².